The highest BCUT2D eigenvalue weighted by Gasteiger charge is 2.25. The topological polar surface area (TPSA) is 46.2 Å². The number of nitrogens with two attached hydrogens (primary N) is 1. The van der Waals surface area contributed by atoms with E-state index in [0.717, 1.165) is 16.9 Å². The lowest BCUT2D eigenvalue weighted by Gasteiger charge is -2.23. The van der Waals surface area contributed by atoms with Gasteiger partial charge in [-0.2, -0.15) is 0 Å². The van der Waals surface area contributed by atoms with E-state index in [4.69, 9.17) is 5.73 Å². The first kappa shape index (κ1) is 14.3. The lowest BCUT2D eigenvalue weighted by Crippen LogP contribution is -2.21. The van der Waals surface area contributed by atoms with Crippen LogP contribution in [0.4, 0.5) is 0 Å². The zero-order valence-corrected chi connectivity index (χ0v) is 12.3. The van der Waals surface area contributed by atoms with Crippen molar-refractivity contribution >= 4 is 11.3 Å². The van der Waals surface area contributed by atoms with Gasteiger partial charge >= 0.3 is 0 Å². The van der Waals surface area contributed by atoms with Crippen molar-refractivity contribution in [3.63, 3.8) is 0 Å². The first-order chi connectivity index (χ1) is 9.19. The summed E-state index contributed by atoms with van der Waals surface area (Å²) in [5.74, 6) is -0.0369. The van der Waals surface area contributed by atoms with Gasteiger partial charge in [0.15, 0.2) is 0 Å². The molecule has 1 heterocycles. The highest BCUT2D eigenvalue weighted by atomic mass is 32.1. The molecule has 0 aliphatic carbocycles. The molecule has 2 atom stereocenters. The number of aliphatic hydroxyl groups excluding tert-OH is 1. The van der Waals surface area contributed by atoms with Crippen LogP contribution < -0.4 is 5.73 Å². The summed E-state index contributed by atoms with van der Waals surface area (Å²) >= 11 is 1.62. The Balaban J connectivity index is 2.35. The maximum Gasteiger partial charge on any atom is 0.0965 e. The molecule has 0 aliphatic heterocycles. The van der Waals surface area contributed by atoms with Crippen molar-refractivity contribution in [1.29, 1.82) is 0 Å². The second kappa shape index (κ2) is 6.33. The van der Waals surface area contributed by atoms with E-state index in [1.54, 1.807) is 11.3 Å². The van der Waals surface area contributed by atoms with Gasteiger partial charge in [0.25, 0.3) is 0 Å². The number of aryl methyl sites for hydroxylation is 2. The molecule has 1 aromatic carbocycles. The van der Waals surface area contributed by atoms with Gasteiger partial charge in [0, 0.05) is 17.3 Å². The number of hydrogen-bond acceptors (Lipinski definition) is 3. The molecule has 3 N–H and O–H groups in total. The summed E-state index contributed by atoms with van der Waals surface area (Å²) in [5, 5.41) is 12.7. The molecule has 0 spiro atoms. The molecule has 0 bridgehead atoms. The molecule has 3 heteroatoms. The Morgan fingerprint density at radius 3 is 2.63 bits per heavy atom. The quantitative estimate of drug-likeness (QED) is 0.878. The van der Waals surface area contributed by atoms with Crippen LogP contribution in [0.25, 0.3) is 0 Å². The first-order valence-electron chi connectivity index (χ1n) is 6.69. The maximum atomic E-state index is 10.7. The van der Waals surface area contributed by atoms with Crippen LogP contribution >= 0.6 is 11.3 Å². The third-order valence-corrected chi connectivity index (χ3v) is 4.68. The minimum absolute atomic E-state index is 0.0369. The van der Waals surface area contributed by atoms with Crippen molar-refractivity contribution in [1.82, 2.24) is 0 Å². The van der Waals surface area contributed by atoms with E-state index in [9.17, 15) is 5.11 Å². The Morgan fingerprint density at radius 2 is 2.00 bits per heavy atom. The second-order valence-corrected chi connectivity index (χ2v) is 5.75. The van der Waals surface area contributed by atoms with Gasteiger partial charge in [0.1, 0.15) is 0 Å². The van der Waals surface area contributed by atoms with Crippen LogP contribution in [0.15, 0.2) is 35.7 Å². The molecule has 0 amide bonds. The van der Waals surface area contributed by atoms with Gasteiger partial charge in [-0.25, -0.2) is 0 Å². The van der Waals surface area contributed by atoms with E-state index in [0.29, 0.717) is 6.54 Å². The summed E-state index contributed by atoms with van der Waals surface area (Å²) in [4.78, 5) is 1.06. The minimum atomic E-state index is -0.513. The number of thiophene rings is 1. The van der Waals surface area contributed by atoms with Crippen LogP contribution in [-0.4, -0.2) is 11.7 Å². The molecule has 2 aromatic rings. The van der Waals surface area contributed by atoms with Crippen molar-refractivity contribution in [2.45, 2.75) is 32.3 Å². The van der Waals surface area contributed by atoms with Crippen LogP contribution in [-0.2, 0) is 6.42 Å². The average Bonchev–Trinajstić information content (AvgIpc) is 2.89. The molecule has 0 radical (unpaired) electrons. The molecular formula is C16H21NOS. The fraction of sp³-hybridized carbons (Fsp3) is 0.375. The smallest absolute Gasteiger partial charge is 0.0965 e. The monoisotopic (exact) mass is 275 g/mol. The molecule has 0 saturated heterocycles. The van der Waals surface area contributed by atoms with Crippen LogP contribution in [0.1, 0.15) is 40.5 Å². The molecule has 0 aliphatic rings. The molecule has 19 heavy (non-hydrogen) atoms. The third kappa shape index (κ3) is 2.89. The van der Waals surface area contributed by atoms with Gasteiger partial charge in [-0.1, -0.05) is 31.2 Å². The van der Waals surface area contributed by atoms with E-state index >= 15 is 0 Å². The van der Waals surface area contributed by atoms with Crippen LogP contribution in [0, 0.1) is 6.92 Å². The summed E-state index contributed by atoms with van der Waals surface area (Å²) in [6.45, 7) is 4.64. The summed E-state index contributed by atoms with van der Waals surface area (Å²) < 4.78 is 0. The number of rotatable bonds is 5. The maximum absolute atomic E-state index is 10.7. The fourth-order valence-corrected chi connectivity index (χ4v) is 3.56. The average molecular weight is 275 g/mol. The Labute approximate surface area is 118 Å². The standard InChI is InChI=1S/C16H21NOS/c1-3-12-8-9-19-16(12)15(18)14(10-17)13-7-5-4-6-11(13)2/h4-9,14-15,18H,3,10,17H2,1-2H3. The molecule has 102 valence electrons. The van der Waals surface area contributed by atoms with Crippen molar-refractivity contribution in [3.05, 3.63) is 57.3 Å². The number of benzene rings is 1. The normalized spacial score (nSPS) is 14.3. The van der Waals surface area contributed by atoms with Crippen molar-refractivity contribution in [2.24, 2.45) is 5.73 Å². The van der Waals surface area contributed by atoms with Crippen molar-refractivity contribution in [2.75, 3.05) is 6.54 Å². The molecular weight excluding hydrogens is 254 g/mol. The third-order valence-electron chi connectivity index (χ3n) is 3.65. The first-order valence-corrected chi connectivity index (χ1v) is 7.56. The number of hydrogen-bond donors (Lipinski definition) is 2. The molecule has 2 rings (SSSR count). The summed E-state index contributed by atoms with van der Waals surface area (Å²) in [7, 11) is 0. The van der Waals surface area contributed by atoms with Gasteiger partial charge in [-0.15, -0.1) is 11.3 Å². The summed E-state index contributed by atoms with van der Waals surface area (Å²) in [6.07, 6.45) is 0.432. The molecule has 1 aromatic heterocycles. The Kier molecular flexibility index (Phi) is 4.75. The Hall–Kier alpha value is -1.16. The van der Waals surface area contributed by atoms with Crippen LogP contribution in [0.2, 0.25) is 0 Å². The van der Waals surface area contributed by atoms with Gasteiger partial charge in [0.2, 0.25) is 0 Å². The predicted octanol–water partition coefficient (Wildman–Crippen LogP) is 3.39. The van der Waals surface area contributed by atoms with Crippen LogP contribution in [0.3, 0.4) is 0 Å². The van der Waals surface area contributed by atoms with E-state index in [1.807, 2.05) is 17.5 Å². The fourth-order valence-electron chi connectivity index (χ4n) is 2.51. The highest BCUT2D eigenvalue weighted by molar-refractivity contribution is 7.10. The summed E-state index contributed by atoms with van der Waals surface area (Å²) in [5.41, 5.74) is 9.48. The highest BCUT2D eigenvalue weighted by Crippen LogP contribution is 2.36. The molecule has 0 fully saturated rings. The van der Waals surface area contributed by atoms with Crippen molar-refractivity contribution in [3.8, 4) is 0 Å². The molecule has 0 saturated carbocycles. The second-order valence-electron chi connectivity index (χ2n) is 4.81. The Bertz CT molecular complexity index is 535. The molecule has 2 nitrogen and oxygen atoms in total. The zero-order chi connectivity index (χ0) is 13.8. The SMILES string of the molecule is CCc1ccsc1C(O)C(CN)c1ccccc1C. The minimum Gasteiger partial charge on any atom is -0.387 e. The lowest BCUT2D eigenvalue weighted by molar-refractivity contribution is 0.150. The lowest BCUT2D eigenvalue weighted by atomic mass is 9.88. The van der Waals surface area contributed by atoms with Gasteiger partial charge < -0.3 is 10.8 Å². The molecule has 2 unspecified atom stereocenters. The zero-order valence-electron chi connectivity index (χ0n) is 11.5. The van der Waals surface area contributed by atoms with Crippen LogP contribution in [0.5, 0.6) is 0 Å². The van der Waals surface area contributed by atoms with E-state index in [-0.39, 0.29) is 5.92 Å². The van der Waals surface area contributed by atoms with E-state index in [1.165, 1.54) is 11.1 Å². The summed E-state index contributed by atoms with van der Waals surface area (Å²) in [6, 6.07) is 10.2. The number of aliphatic hydroxyl groups is 1. The van der Waals surface area contributed by atoms with Crippen molar-refractivity contribution < 1.29 is 5.11 Å². The van der Waals surface area contributed by atoms with E-state index < -0.39 is 6.10 Å². The van der Waals surface area contributed by atoms with E-state index in [2.05, 4.69) is 32.0 Å². The van der Waals surface area contributed by atoms with Gasteiger partial charge in [-0.3, -0.25) is 0 Å². The predicted molar refractivity (Wildman–Crippen MR) is 81.6 cm³/mol. The largest absolute Gasteiger partial charge is 0.387 e. The van der Waals surface area contributed by atoms with Gasteiger partial charge in [0.05, 0.1) is 6.10 Å². The van der Waals surface area contributed by atoms with Gasteiger partial charge in [-0.05, 0) is 41.5 Å². The Morgan fingerprint density at radius 1 is 1.26 bits per heavy atom.